The number of benzene rings is 1. The molecule has 0 saturated carbocycles. The summed E-state index contributed by atoms with van der Waals surface area (Å²) in [5.74, 6) is 0.592. The van der Waals surface area contributed by atoms with E-state index < -0.39 is 0 Å². The van der Waals surface area contributed by atoms with E-state index in [4.69, 9.17) is 9.84 Å². The average Bonchev–Trinajstić information content (AvgIpc) is 2.46. The molecule has 0 saturated heterocycles. The van der Waals surface area contributed by atoms with Gasteiger partial charge in [-0.2, -0.15) is 0 Å². The Balaban J connectivity index is 1.90. The molecule has 1 aliphatic rings. The Morgan fingerprint density at radius 2 is 2.00 bits per heavy atom. The number of hydrogen-bond acceptors (Lipinski definition) is 3. The van der Waals surface area contributed by atoms with E-state index in [1.807, 2.05) is 18.2 Å². The molecule has 104 valence electrons. The van der Waals surface area contributed by atoms with Crippen LogP contribution in [-0.4, -0.2) is 22.9 Å². The number of pyridine rings is 1. The largest absolute Gasteiger partial charge is 0.493 e. The third-order valence-corrected chi connectivity index (χ3v) is 3.58. The van der Waals surface area contributed by atoms with Gasteiger partial charge in [-0.15, -0.1) is 0 Å². The highest BCUT2D eigenvalue weighted by Crippen LogP contribution is 2.23. The molecule has 0 radical (unpaired) electrons. The molecule has 0 amide bonds. The van der Waals surface area contributed by atoms with Crippen LogP contribution in [0.4, 0.5) is 0 Å². The Morgan fingerprint density at radius 1 is 1.20 bits per heavy atom. The lowest BCUT2D eigenvalue weighted by molar-refractivity contribution is 0.233. The summed E-state index contributed by atoms with van der Waals surface area (Å²) in [6, 6.07) is 11.6. The van der Waals surface area contributed by atoms with E-state index in [2.05, 4.69) is 12.1 Å². The molecule has 0 bridgehead atoms. The van der Waals surface area contributed by atoms with Crippen LogP contribution >= 0.6 is 0 Å². The molecule has 0 fully saturated rings. The van der Waals surface area contributed by atoms with E-state index in [-0.39, 0.29) is 12.2 Å². The van der Waals surface area contributed by atoms with Crippen molar-refractivity contribution in [3.05, 3.63) is 63.6 Å². The first-order valence-electron chi connectivity index (χ1n) is 6.82. The minimum absolute atomic E-state index is 0.0315. The Kier molecular flexibility index (Phi) is 3.56. The summed E-state index contributed by atoms with van der Waals surface area (Å²) >= 11 is 0. The zero-order chi connectivity index (χ0) is 13.9. The number of rotatable bonds is 4. The minimum atomic E-state index is -0.0315. The van der Waals surface area contributed by atoms with Gasteiger partial charge in [0.25, 0.3) is 5.56 Å². The normalized spacial score (nSPS) is 12.7. The molecular weight excluding hydrogens is 254 g/mol. The lowest BCUT2D eigenvalue weighted by Crippen LogP contribution is -2.27. The first kappa shape index (κ1) is 12.9. The van der Waals surface area contributed by atoms with Crippen molar-refractivity contribution in [3.8, 4) is 5.75 Å². The quantitative estimate of drug-likeness (QED) is 0.733. The second-order valence-corrected chi connectivity index (χ2v) is 4.98. The number of nitrogens with zero attached hydrogens (tertiary/aromatic N) is 1. The molecular formula is C16H17NO3. The van der Waals surface area contributed by atoms with Crippen molar-refractivity contribution < 1.29 is 9.84 Å². The lowest BCUT2D eigenvalue weighted by Gasteiger charge is -2.22. The zero-order valence-corrected chi connectivity index (χ0v) is 11.2. The van der Waals surface area contributed by atoms with Gasteiger partial charge in [0.2, 0.25) is 0 Å². The van der Waals surface area contributed by atoms with Gasteiger partial charge in [0.05, 0.1) is 13.2 Å². The van der Waals surface area contributed by atoms with Gasteiger partial charge in [0.15, 0.2) is 0 Å². The van der Waals surface area contributed by atoms with Crippen LogP contribution in [0.3, 0.4) is 0 Å². The van der Waals surface area contributed by atoms with Crippen LogP contribution in [0.15, 0.2) is 41.2 Å². The Morgan fingerprint density at radius 3 is 2.80 bits per heavy atom. The molecule has 1 N–H and O–H groups in total. The van der Waals surface area contributed by atoms with Gasteiger partial charge in [-0.05, 0) is 11.1 Å². The van der Waals surface area contributed by atoms with E-state index in [1.54, 1.807) is 4.57 Å². The molecule has 0 spiro atoms. The second kappa shape index (κ2) is 5.51. The first-order valence-corrected chi connectivity index (χ1v) is 6.82. The average molecular weight is 271 g/mol. The molecule has 1 aromatic carbocycles. The summed E-state index contributed by atoms with van der Waals surface area (Å²) in [6.45, 7) is 1.15. The maximum absolute atomic E-state index is 12.2. The second-order valence-electron chi connectivity index (χ2n) is 4.98. The molecule has 1 aliphatic heterocycles. The number of aromatic nitrogens is 1. The molecule has 2 aromatic rings. The van der Waals surface area contributed by atoms with Crippen LogP contribution < -0.4 is 10.3 Å². The fraction of sp³-hybridized carbons (Fsp3) is 0.312. The highest BCUT2D eigenvalue weighted by Gasteiger charge is 2.16. The van der Waals surface area contributed by atoms with Gasteiger partial charge in [-0.1, -0.05) is 24.3 Å². The highest BCUT2D eigenvalue weighted by atomic mass is 16.5. The van der Waals surface area contributed by atoms with Crippen LogP contribution in [0.2, 0.25) is 0 Å². The van der Waals surface area contributed by atoms with Gasteiger partial charge in [0, 0.05) is 37.3 Å². The SMILES string of the molecule is O=c1cc(OCCCO)cc2n1Cc1ccccc1C2. The fourth-order valence-electron chi connectivity index (χ4n) is 2.54. The third-order valence-electron chi connectivity index (χ3n) is 3.58. The number of aliphatic hydroxyl groups is 1. The van der Waals surface area contributed by atoms with Gasteiger partial charge in [-0.3, -0.25) is 4.79 Å². The van der Waals surface area contributed by atoms with Crippen molar-refractivity contribution in [2.45, 2.75) is 19.4 Å². The summed E-state index contributed by atoms with van der Waals surface area (Å²) in [5.41, 5.74) is 3.42. The van der Waals surface area contributed by atoms with E-state index >= 15 is 0 Å². The number of hydrogen-bond donors (Lipinski definition) is 1. The van der Waals surface area contributed by atoms with Crippen LogP contribution in [0, 0.1) is 0 Å². The van der Waals surface area contributed by atoms with Gasteiger partial charge < -0.3 is 14.4 Å². The van der Waals surface area contributed by atoms with E-state index in [9.17, 15) is 4.79 Å². The van der Waals surface area contributed by atoms with Crippen LogP contribution in [0.1, 0.15) is 23.2 Å². The standard InChI is InChI=1S/C16H17NO3/c18-6-3-7-20-15-9-14-8-12-4-1-2-5-13(12)11-17(14)16(19)10-15/h1-2,4-5,9-10,18H,3,6-8,11H2. The Labute approximate surface area is 117 Å². The summed E-state index contributed by atoms with van der Waals surface area (Å²) < 4.78 is 7.30. The summed E-state index contributed by atoms with van der Waals surface area (Å²) in [7, 11) is 0. The van der Waals surface area contributed by atoms with Crippen molar-refractivity contribution in [3.63, 3.8) is 0 Å². The molecule has 20 heavy (non-hydrogen) atoms. The Bertz CT molecular complexity index is 676. The smallest absolute Gasteiger partial charge is 0.254 e. The van der Waals surface area contributed by atoms with Crippen molar-refractivity contribution in [2.24, 2.45) is 0 Å². The third kappa shape index (κ3) is 2.47. The minimum Gasteiger partial charge on any atom is -0.493 e. The maximum atomic E-state index is 12.2. The van der Waals surface area contributed by atoms with Crippen molar-refractivity contribution in [2.75, 3.05) is 13.2 Å². The number of aliphatic hydroxyl groups excluding tert-OH is 1. The maximum Gasteiger partial charge on any atom is 0.254 e. The summed E-state index contributed by atoms with van der Waals surface area (Å²) in [5, 5.41) is 8.75. The molecule has 4 heteroatoms. The first-order chi connectivity index (χ1) is 9.78. The molecule has 1 aromatic heterocycles. The molecule has 2 heterocycles. The van der Waals surface area contributed by atoms with E-state index in [0.29, 0.717) is 25.3 Å². The molecule has 0 aliphatic carbocycles. The van der Waals surface area contributed by atoms with Gasteiger partial charge in [-0.25, -0.2) is 0 Å². The summed E-state index contributed by atoms with van der Waals surface area (Å²) in [6.07, 6.45) is 1.32. The van der Waals surface area contributed by atoms with Gasteiger partial charge in [0.1, 0.15) is 5.75 Å². The predicted octanol–water partition coefficient (Wildman–Crippen LogP) is 1.56. The van der Waals surface area contributed by atoms with Crippen molar-refractivity contribution >= 4 is 0 Å². The fourth-order valence-corrected chi connectivity index (χ4v) is 2.54. The Hall–Kier alpha value is -2.07. The molecule has 4 nitrogen and oxygen atoms in total. The van der Waals surface area contributed by atoms with E-state index in [1.165, 1.54) is 17.2 Å². The van der Waals surface area contributed by atoms with E-state index in [0.717, 1.165) is 12.1 Å². The number of fused-ring (bicyclic) bond motifs is 2. The molecule has 3 rings (SSSR count). The predicted molar refractivity (Wildman–Crippen MR) is 76.2 cm³/mol. The van der Waals surface area contributed by atoms with Crippen LogP contribution in [0.25, 0.3) is 0 Å². The highest BCUT2D eigenvalue weighted by molar-refractivity contribution is 5.37. The molecule has 0 unspecified atom stereocenters. The zero-order valence-electron chi connectivity index (χ0n) is 11.2. The van der Waals surface area contributed by atoms with Crippen LogP contribution in [-0.2, 0) is 13.0 Å². The van der Waals surface area contributed by atoms with Crippen molar-refractivity contribution in [1.29, 1.82) is 0 Å². The van der Waals surface area contributed by atoms with Gasteiger partial charge >= 0.3 is 0 Å². The monoisotopic (exact) mass is 271 g/mol. The number of ether oxygens (including phenoxy) is 1. The topological polar surface area (TPSA) is 51.5 Å². The molecule has 0 atom stereocenters. The lowest BCUT2D eigenvalue weighted by atomic mass is 9.98. The van der Waals surface area contributed by atoms with Crippen molar-refractivity contribution in [1.82, 2.24) is 4.57 Å². The van der Waals surface area contributed by atoms with Crippen LogP contribution in [0.5, 0.6) is 5.75 Å². The summed E-state index contributed by atoms with van der Waals surface area (Å²) in [4.78, 5) is 12.2.